The van der Waals surface area contributed by atoms with E-state index in [2.05, 4.69) is 27.4 Å². The summed E-state index contributed by atoms with van der Waals surface area (Å²) in [4.78, 5) is 8.81. The lowest BCUT2D eigenvalue weighted by Gasteiger charge is -2.09. The number of hydrogen-bond acceptors (Lipinski definition) is 5. The van der Waals surface area contributed by atoms with Crippen molar-refractivity contribution < 1.29 is 4.74 Å². The van der Waals surface area contributed by atoms with Gasteiger partial charge in [-0.1, -0.05) is 12.1 Å². The van der Waals surface area contributed by atoms with Gasteiger partial charge in [0, 0.05) is 30.9 Å². The molecule has 1 aromatic carbocycles. The third kappa shape index (κ3) is 3.25. The molecule has 24 heavy (non-hydrogen) atoms. The standard InChI is InChI=1S/C18H20N4OS/c1-22-16-3-2-8-20-18(16)21-17(22)11-23-14-6-4-13(5-7-14)9-15-10-19-12-24-15/h2-8,15,19H,9-12H2,1H3. The molecule has 1 fully saturated rings. The first-order chi connectivity index (χ1) is 11.8. The number of imidazole rings is 1. The normalized spacial score (nSPS) is 17.5. The number of pyridine rings is 1. The van der Waals surface area contributed by atoms with Crippen molar-refractivity contribution >= 4 is 22.9 Å². The molecule has 0 radical (unpaired) electrons. The van der Waals surface area contributed by atoms with Gasteiger partial charge in [0.1, 0.15) is 18.2 Å². The predicted molar refractivity (Wildman–Crippen MR) is 97.2 cm³/mol. The number of nitrogens with one attached hydrogen (secondary N) is 1. The zero-order valence-corrected chi connectivity index (χ0v) is 14.4. The minimum Gasteiger partial charge on any atom is -0.486 e. The third-order valence-corrected chi connectivity index (χ3v) is 5.47. The molecule has 1 aliphatic heterocycles. The fourth-order valence-electron chi connectivity index (χ4n) is 2.92. The largest absolute Gasteiger partial charge is 0.486 e. The van der Waals surface area contributed by atoms with Crippen molar-refractivity contribution in [1.82, 2.24) is 19.9 Å². The van der Waals surface area contributed by atoms with Crippen molar-refractivity contribution in [3.63, 3.8) is 0 Å². The second-order valence-corrected chi connectivity index (χ2v) is 7.25. The zero-order valence-electron chi connectivity index (χ0n) is 13.6. The van der Waals surface area contributed by atoms with Gasteiger partial charge in [0.05, 0.1) is 5.52 Å². The Morgan fingerprint density at radius 1 is 1.29 bits per heavy atom. The van der Waals surface area contributed by atoms with E-state index in [1.807, 2.05) is 47.6 Å². The highest BCUT2D eigenvalue weighted by molar-refractivity contribution is 8.00. The molecule has 1 N–H and O–H groups in total. The van der Waals surface area contributed by atoms with E-state index in [1.165, 1.54) is 5.56 Å². The molecule has 0 aliphatic carbocycles. The van der Waals surface area contributed by atoms with Gasteiger partial charge in [-0.2, -0.15) is 0 Å². The number of rotatable bonds is 5. The Bertz CT molecular complexity index is 825. The number of thioether (sulfide) groups is 1. The van der Waals surface area contributed by atoms with Crippen molar-refractivity contribution in [2.24, 2.45) is 7.05 Å². The van der Waals surface area contributed by atoms with Gasteiger partial charge in [0.2, 0.25) is 0 Å². The first-order valence-electron chi connectivity index (χ1n) is 8.10. The Balaban J connectivity index is 1.40. The quantitative estimate of drug-likeness (QED) is 0.774. The van der Waals surface area contributed by atoms with Gasteiger partial charge < -0.3 is 14.6 Å². The molecule has 2 aromatic heterocycles. The van der Waals surface area contributed by atoms with Crippen LogP contribution in [0.1, 0.15) is 11.4 Å². The average molecular weight is 340 g/mol. The monoisotopic (exact) mass is 340 g/mol. The van der Waals surface area contributed by atoms with Gasteiger partial charge in [-0.15, -0.1) is 11.8 Å². The number of ether oxygens (including phenoxy) is 1. The molecule has 124 valence electrons. The summed E-state index contributed by atoms with van der Waals surface area (Å²) in [5.74, 6) is 2.82. The van der Waals surface area contributed by atoms with E-state index in [4.69, 9.17) is 4.74 Å². The van der Waals surface area contributed by atoms with E-state index < -0.39 is 0 Å². The van der Waals surface area contributed by atoms with E-state index in [9.17, 15) is 0 Å². The molecule has 0 amide bonds. The van der Waals surface area contributed by atoms with Crippen molar-refractivity contribution in [2.75, 3.05) is 12.4 Å². The summed E-state index contributed by atoms with van der Waals surface area (Å²) in [6, 6.07) is 12.3. The van der Waals surface area contributed by atoms with Gasteiger partial charge in [-0.25, -0.2) is 9.97 Å². The summed E-state index contributed by atoms with van der Waals surface area (Å²) in [6.45, 7) is 1.54. The molecule has 1 aliphatic rings. The Kier molecular flexibility index (Phi) is 4.40. The third-order valence-electron chi connectivity index (χ3n) is 4.30. The first kappa shape index (κ1) is 15.5. The predicted octanol–water partition coefficient (Wildman–Crippen LogP) is 2.75. The van der Waals surface area contributed by atoms with Gasteiger partial charge >= 0.3 is 0 Å². The van der Waals surface area contributed by atoms with Crippen molar-refractivity contribution in [3.05, 3.63) is 54.0 Å². The lowest BCUT2D eigenvalue weighted by molar-refractivity contribution is 0.292. The van der Waals surface area contributed by atoms with Crippen LogP contribution in [0.5, 0.6) is 5.75 Å². The molecule has 3 aromatic rings. The van der Waals surface area contributed by atoms with E-state index >= 15 is 0 Å². The van der Waals surface area contributed by atoms with Crippen molar-refractivity contribution in [3.8, 4) is 5.75 Å². The van der Waals surface area contributed by atoms with E-state index in [0.717, 1.165) is 41.6 Å². The number of benzene rings is 1. The number of nitrogens with zero attached hydrogens (tertiary/aromatic N) is 3. The average Bonchev–Trinajstić information content (AvgIpc) is 3.23. The Labute approximate surface area is 145 Å². The van der Waals surface area contributed by atoms with Crippen molar-refractivity contribution in [2.45, 2.75) is 18.3 Å². The van der Waals surface area contributed by atoms with Crippen LogP contribution in [0.25, 0.3) is 11.2 Å². The summed E-state index contributed by atoms with van der Waals surface area (Å²) in [6.07, 6.45) is 2.87. The molecule has 1 atom stereocenters. The maximum absolute atomic E-state index is 5.90. The molecule has 0 saturated carbocycles. The highest BCUT2D eigenvalue weighted by Gasteiger charge is 2.15. The summed E-state index contributed by atoms with van der Waals surface area (Å²) >= 11 is 1.99. The fourth-order valence-corrected chi connectivity index (χ4v) is 3.94. The van der Waals surface area contributed by atoms with E-state index in [1.54, 1.807) is 6.20 Å². The fraction of sp³-hybridized carbons (Fsp3) is 0.333. The smallest absolute Gasteiger partial charge is 0.178 e. The van der Waals surface area contributed by atoms with Crippen molar-refractivity contribution in [1.29, 1.82) is 0 Å². The summed E-state index contributed by atoms with van der Waals surface area (Å²) in [7, 11) is 1.99. The summed E-state index contributed by atoms with van der Waals surface area (Å²) in [5, 5.41) is 4.07. The van der Waals surface area contributed by atoms with Gasteiger partial charge in [-0.3, -0.25) is 0 Å². The van der Waals surface area contributed by atoms with Crippen LogP contribution in [0.4, 0.5) is 0 Å². The molecule has 1 saturated heterocycles. The van der Waals surface area contributed by atoms with E-state index in [0.29, 0.717) is 11.9 Å². The minimum atomic E-state index is 0.439. The number of aromatic nitrogens is 3. The topological polar surface area (TPSA) is 52.0 Å². The van der Waals surface area contributed by atoms with Crippen LogP contribution < -0.4 is 10.1 Å². The number of aryl methyl sites for hydroxylation is 1. The Morgan fingerprint density at radius 3 is 2.92 bits per heavy atom. The Hall–Kier alpha value is -2.05. The summed E-state index contributed by atoms with van der Waals surface area (Å²) < 4.78 is 7.93. The molecular weight excluding hydrogens is 320 g/mol. The number of hydrogen-bond donors (Lipinski definition) is 1. The maximum atomic E-state index is 5.90. The summed E-state index contributed by atoms with van der Waals surface area (Å²) in [5.41, 5.74) is 3.14. The SMILES string of the molecule is Cn1c(COc2ccc(CC3CNCS3)cc2)nc2ncccc21. The van der Waals surface area contributed by atoms with Crippen LogP contribution in [0.3, 0.4) is 0 Å². The van der Waals surface area contributed by atoms with Crippen LogP contribution in [-0.4, -0.2) is 32.2 Å². The minimum absolute atomic E-state index is 0.439. The first-order valence-corrected chi connectivity index (χ1v) is 9.15. The molecular formula is C18H20N4OS. The zero-order chi connectivity index (χ0) is 16.4. The highest BCUT2D eigenvalue weighted by atomic mass is 32.2. The lowest BCUT2D eigenvalue weighted by atomic mass is 10.1. The van der Waals surface area contributed by atoms with Gasteiger partial charge in [-0.05, 0) is 36.2 Å². The van der Waals surface area contributed by atoms with Crippen LogP contribution in [0.15, 0.2) is 42.6 Å². The lowest BCUT2D eigenvalue weighted by Crippen LogP contribution is -2.14. The molecule has 3 heterocycles. The van der Waals surface area contributed by atoms with Crippen LogP contribution in [0, 0.1) is 0 Å². The maximum Gasteiger partial charge on any atom is 0.178 e. The molecule has 1 unspecified atom stereocenters. The molecule has 0 bridgehead atoms. The van der Waals surface area contributed by atoms with Gasteiger partial charge in [0.25, 0.3) is 0 Å². The van der Waals surface area contributed by atoms with Crippen LogP contribution in [-0.2, 0) is 20.1 Å². The Morgan fingerprint density at radius 2 is 2.17 bits per heavy atom. The van der Waals surface area contributed by atoms with Crippen LogP contribution >= 0.6 is 11.8 Å². The second kappa shape index (κ2) is 6.83. The molecule has 4 rings (SSSR count). The van der Waals surface area contributed by atoms with Gasteiger partial charge in [0.15, 0.2) is 5.65 Å². The molecule has 5 nitrogen and oxygen atoms in total. The highest BCUT2D eigenvalue weighted by Crippen LogP contribution is 2.21. The van der Waals surface area contributed by atoms with E-state index in [-0.39, 0.29) is 0 Å². The molecule has 6 heteroatoms. The molecule has 0 spiro atoms. The second-order valence-electron chi connectivity index (χ2n) is 5.96. The number of fused-ring (bicyclic) bond motifs is 1. The van der Waals surface area contributed by atoms with Crippen LogP contribution in [0.2, 0.25) is 0 Å².